The second-order valence-corrected chi connectivity index (χ2v) is 10.9. The van der Waals surface area contributed by atoms with E-state index in [0.717, 1.165) is 6.42 Å². The number of nitrogens with one attached hydrogen (secondary N) is 1. The molecular weight excluding hydrogens is 468 g/mol. The Morgan fingerprint density at radius 3 is 2.38 bits per heavy atom. The summed E-state index contributed by atoms with van der Waals surface area (Å²) in [5.74, 6) is 0. The molecule has 5 aromatic rings. The van der Waals surface area contributed by atoms with Gasteiger partial charge in [0.25, 0.3) is 0 Å². The van der Waals surface area contributed by atoms with E-state index in [1.807, 2.05) is 11.8 Å². The second-order valence-electron chi connectivity index (χ2n) is 9.82. The molecule has 2 heterocycles. The lowest BCUT2D eigenvalue weighted by atomic mass is 9.91. The molecule has 0 saturated carbocycles. The molecule has 0 amide bonds. The van der Waals surface area contributed by atoms with E-state index in [2.05, 4.69) is 132 Å². The van der Waals surface area contributed by atoms with Crippen LogP contribution in [0.3, 0.4) is 0 Å². The van der Waals surface area contributed by atoms with Crippen molar-refractivity contribution in [2.24, 2.45) is 0 Å². The van der Waals surface area contributed by atoms with Gasteiger partial charge in [-0.15, -0.1) is 0 Å². The molecule has 2 nitrogen and oxygen atoms in total. The van der Waals surface area contributed by atoms with Gasteiger partial charge in [-0.05, 0) is 82.1 Å². The highest BCUT2D eigenvalue weighted by Crippen LogP contribution is 2.52. The molecule has 0 fully saturated rings. The van der Waals surface area contributed by atoms with E-state index in [1.165, 1.54) is 65.2 Å². The fraction of sp³-hybridized carbons (Fsp3) is 0.0588. The van der Waals surface area contributed by atoms with E-state index >= 15 is 0 Å². The summed E-state index contributed by atoms with van der Waals surface area (Å²) in [6.07, 6.45) is 3.39. The zero-order valence-electron chi connectivity index (χ0n) is 20.2. The lowest BCUT2D eigenvalue weighted by molar-refractivity contribution is 0.949. The fourth-order valence-electron chi connectivity index (χ4n) is 5.98. The zero-order chi connectivity index (χ0) is 24.3. The van der Waals surface area contributed by atoms with Gasteiger partial charge in [-0.2, -0.15) is 0 Å². The first-order valence-electron chi connectivity index (χ1n) is 12.8. The highest BCUT2D eigenvalue weighted by Gasteiger charge is 2.29. The minimum atomic E-state index is 0.352. The topological polar surface area (TPSA) is 15.3 Å². The van der Waals surface area contributed by atoms with Gasteiger partial charge in [-0.1, -0.05) is 84.6 Å². The third-order valence-corrected chi connectivity index (χ3v) is 8.82. The lowest BCUT2D eigenvalue weighted by Crippen LogP contribution is -2.35. The van der Waals surface area contributed by atoms with Crippen LogP contribution >= 0.6 is 11.8 Å². The van der Waals surface area contributed by atoms with Gasteiger partial charge in [0.05, 0.1) is 17.4 Å². The number of nitrogens with zero attached hydrogens (tertiary/aromatic N) is 1. The van der Waals surface area contributed by atoms with Crippen molar-refractivity contribution in [3.63, 3.8) is 0 Å². The van der Waals surface area contributed by atoms with Crippen LogP contribution in [0.4, 0.5) is 22.7 Å². The molecule has 8 rings (SSSR count). The first-order chi connectivity index (χ1) is 18.3. The molecule has 1 aliphatic carbocycles. The second kappa shape index (κ2) is 8.16. The van der Waals surface area contributed by atoms with Crippen LogP contribution in [-0.2, 0) is 0 Å². The van der Waals surface area contributed by atoms with E-state index < -0.39 is 0 Å². The van der Waals surface area contributed by atoms with Crippen molar-refractivity contribution >= 4 is 46.2 Å². The van der Waals surface area contributed by atoms with Gasteiger partial charge in [0.2, 0.25) is 0 Å². The molecule has 0 spiro atoms. The summed E-state index contributed by atoms with van der Waals surface area (Å²) in [6.45, 7) is 0. The van der Waals surface area contributed by atoms with Gasteiger partial charge < -0.3 is 10.2 Å². The monoisotopic (exact) mass is 492 g/mol. The number of fused-ring (bicyclic) bond motifs is 6. The summed E-state index contributed by atoms with van der Waals surface area (Å²) >= 11 is 1.85. The van der Waals surface area contributed by atoms with Crippen molar-refractivity contribution in [2.75, 3.05) is 10.2 Å². The summed E-state index contributed by atoms with van der Waals surface area (Å²) in [5.41, 5.74) is 10.1. The maximum atomic E-state index is 3.77. The average molecular weight is 493 g/mol. The molecular formula is C34H24N2S. The standard InChI is InChI=1S/C34H24N2S/c1-2-9-25(10-3-1)36-30-12-6-7-13-32(30)37-33-19-16-24(21-31(33)36)23-15-17-28-27(20-23)34-26-11-5-4-8-22(26)14-18-29(34)35-28/h1-17,19-21,29,35H,18H2. The van der Waals surface area contributed by atoms with Crippen molar-refractivity contribution in [3.8, 4) is 11.1 Å². The van der Waals surface area contributed by atoms with Crippen LogP contribution in [-0.4, -0.2) is 6.04 Å². The summed E-state index contributed by atoms with van der Waals surface area (Å²) in [4.78, 5) is 4.96. The lowest BCUT2D eigenvalue weighted by Gasteiger charge is -2.33. The van der Waals surface area contributed by atoms with Gasteiger partial charge in [-0.3, -0.25) is 0 Å². The molecule has 1 atom stereocenters. The van der Waals surface area contributed by atoms with Crippen LogP contribution in [0.25, 0.3) is 22.8 Å². The van der Waals surface area contributed by atoms with Crippen LogP contribution in [0.2, 0.25) is 0 Å². The minimum Gasteiger partial charge on any atom is -0.377 e. The molecule has 176 valence electrons. The van der Waals surface area contributed by atoms with E-state index in [1.54, 1.807) is 0 Å². The van der Waals surface area contributed by atoms with E-state index in [4.69, 9.17) is 0 Å². The van der Waals surface area contributed by atoms with Crippen molar-refractivity contribution < 1.29 is 0 Å². The highest BCUT2D eigenvalue weighted by atomic mass is 32.2. The molecule has 1 unspecified atom stereocenters. The Kier molecular flexibility index (Phi) is 4.61. The SMILES string of the molecule is C1=c2ccccc2=C2c3cc(-c4ccc5c(c4)N(c4ccccc4)c4ccccc4S5)ccc3NC2C1. The number of rotatable bonds is 2. The molecule has 2 aliphatic heterocycles. The van der Waals surface area contributed by atoms with Gasteiger partial charge in [0.1, 0.15) is 0 Å². The van der Waals surface area contributed by atoms with Crippen molar-refractivity contribution in [1.82, 2.24) is 0 Å². The third-order valence-electron chi connectivity index (χ3n) is 7.69. The fourth-order valence-corrected chi connectivity index (χ4v) is 7.02. The van der Waals surface area contributed by atoms with Crippen LogP contribution in [0.15, 0.2) is 125 Å². The number of hydrogen-bond acceptors (Lipinski definition) is 3. The summed E-state index contributed by atoms with van der Waals surface area (Å²) in [5, 5.41) is 6.47. The van der Waals surface area contributed by atoms with Crippen molar-refractivity contribution in [3.05, 3.63) is 131 Å². The predicted molar refractivity (Wildman–Crippen MR) is 155 cm³/mol. The Bertz CT molecular complexity index is 1820. The predicted octanol–water partition coefficient (Wildman–Crippen LogP) is 7.47. The minimum absolute atomic E-state index is 0.352. The molecule has 5 aromatic carbocycles. The van der Waals surface area contributed by atoms with Crippen LogP contribution in [0, 0.1) is 0 Å². The molecule has 3 heteroatoms. The molecule has 3 aliphatic rings. The highest BCUT2D eigenvalue weighted by molar-refractivity contribution is 7.99. The quantitative estimate of drug-likeness (QED) is 0.270. The Morgan fingerprint density at radius 2 is 1.43 bits per heavy atom. The molecule has 0 saturated heterocycles. The molecule has 37 heavy (non-hydrogen) atoms. The summed E-state index contributed by atoms with van der Waals surface area (Å²) in [7, 11) is 0. The Labute approximate surface area is 220 Å². The Morgan fingerprint density at radius 1 is 0.676 bits per heavy atom. The maximum Gasteiger partial charge on any atom is 0.0607 e. The van der Waals surface area contributed by atoms with E-state index in [0.29, 0.717) is 6.04 Å². The maximum absolute atomic E-state index is 3.77. The molecule has 0 aromatic heterocycles. The van der Waals surface area contributed by atoms with Gasteiger partial charge in [0.15, 0.2) is 0 Å². The summed E-state index contributed by atoms with van der Waals surface area (Å²) < 4.78 is 0. The first-order valence-corrected chi connectivity index (χ1v) is 13.6. The average Bonchev–Trinajstić information content (AvgIpc) is 3.34. The zero-order valence-corrected chi connectivity index (χ0v) is 21.0. The molecule has 0 bridgehead atoms. The van der Waals surface area contributed by atoms with E-state index in [-0.39, 0.29) is 0 Å². The normalized spacial score (nSPS) is 16.5. The van der Waals surface area contributed by atoms with Crippen LogP contribution in [0.5, 0.6) is 0 Å². The third kappa shape index (κ3) is 3.28. The smallest absolute Gasteiger partial charge is 0.0607 e. The number of anilines is 4. The number of para-hydroxylation sites is 2. The first kappa shape index (κ1) is 20.9. The van der Waals surface area contributed by atoms with Crippen LogP contribution in [0.1, 0.15) is 12.0 Å². The van der Waals surface area contributed by atoms with Crippen LogP contribution < -0.4 is 20.7 Å². The summed E-state index contributed by atoms with van der Waals surface area (Å²) in [6, 6.07) is 42.4. The molecule has 1 N–H and O–H groups in total. The Balaban J connectivity index is 1.29. The van der Waals surface area contributed by atoms with Gasteiger partial charge in [0, 0.05) is 26.7 Å². The Hall–Kier alpha value is -4.21. The molecule has 0 radical (unpaired) electrons. The van der Waals surface area contributed by atoms with E-state index in [9.17, 15) is 0 Å². The number of hydrogen-bond donors (Lipinski definition) is 1. The number of benzene rings is 5. The van der Waals surface area contributed by atoms with Crippen molar-refractivity contribution in [2.45, 2.75) is 22.3 Å². The van der Waals surface area contributed by atoms with Crippen molar-refractivity contribution in [1.29, 1.82) is 0 Å². The largest absolute Gasteiger partial charge is 0.377 e. The van der Waals surface area contributed by atoms with Gasteiger partial charge in [-0.25, -0.2) is 0 Å². The van der Waals surface area contributed by atoms with Gasteiger partial charge >= 0.3 is 0 Å².